The normalized spacial score (nSPS) is 13.3. The molecule has 0 bridgehead atoms. The van der Waals surface area contributed by atoms with Crippen LogP contribution in [0.5, 0.6) is 23.0 Å². The molecule has 0 atom stereocenters. The molecule has 3 rings (SSSR count). The second-order valence-electron chi connectivity index (χ2n) is 6.93. The number of rotatable bonds is 9. The number of hydrogen-bond donors (Lipinski definition) is 1. The van der Waals surface area contributed by atoms with E-state index in [-0.39, 0.29) is 18.4 Å². The van der Waals surface area contributed by atoms with Crippen LogP contribution in [-0.2, 0) is 9.53 Å². The number of nitrogens with zero attached hydrogens (tertiary/aromatic N) is 1. The van der Waals surface area contributed by atoms with Gasteiger partial charge in [-0.15, -0.1) is 0 Å². The maximum atomic E-state index is 12.8. The molecule has 1 heterocycles. The summed E-state index contributed by atoms with van der Waals surface area (Å²) in [5.41, 5.74) is 0.905. The average molecular weight is 444 g/mol. The predicted molar refractivity (Wildman–Crippen MR) is 118 cm³/mol. The first-order chi connectivity index (χ1) is 15.5. The Bertz CT molecular complexity index is 920. The molecule has 1 aliphatic heterocycles. The Morgan fingerprint density at radius 2 is 1.66 bits per heavy atom. The van der Waals surface area contributed by atoms with Gasteiger partial charge in [0, 0.05) is 42.5 Å². The molecule has 172 valence electrons. The van der Waals surface area contributed by atoms with Crippen molar-refractivity contribution < 1.29 is 33.3 Å². The Labute approximate surface area is 187 Å². The number of morpholine rings is 1. The summed E-state index contributed by atoms with van der Waals surface area (Å²) >= 11 is 0. The van der Waals surface area contributed by atoms with Gasteiger partial charge in [0.1, 0.15) is 11.5 Å². The minimum Gasteiger partial charge on any atom is -0.497 e. The summed E-state index contributed by atoms with van der Waals surface area (Å²) in [6, 6.07) is 9.93. The SMILES string of the molecule is CCOc1cc(C(=O)Nc2cc(OC)cc(OC)c2)ccc1OCC(=O)N1CCOCC1. The second-order valence-corrected chi connectivity index (χ2v) is 6.93. The third kappa shape index (κ3) is 6.04. The number of methoxy groups -OCH3 is 2. The molecule has 1 N–H and O–H groups in total. The van der Waals surface area contributed by atoms with Crippen LogP contribution in [-0.4, -0.2) is 70.5 Å². The lowest BCUT2D eigenvalue weighted by Crippen LogP contribution is -2.43. The number of carbonyl (C=O) groups is 2. The smallest absolute Gasteiger partial charge is 0.260 e. The monoisotopic (exact) mass is 444 g/mol. The maximum Gasteiger partial charge on any atom is 0.260 e. The Morgan fingerprint density at radius 3 is 2.28 bits per heavy atom. The van der Waals surface area contributed by atoms with E-state index in [0.29, 0.717) is 67.2 Å². The van der Waals surface area contributed by atoms with Gasteiger partial charge < -0.3 is 33.9 Å². The van der Waals surface area contributed by atoms with Crippen molar-refractivity contribution in [2.45, 2.75) is 6.92 Å². The zero-order valence-electron chi connectivity index (χ0n) is 18.5. The van der Waals surface area contributed by atoms with Crippen LogP contribution in [0.15, 0.2) is 36.4 Å². The molecule has 1 aliphatic rings. The molecule has 0 unspecified atom stereocenters. The van der Waals surface area contributed by atoms with E-state index in [0.717, 1.165) is 0 Å². The Balaban J connectivity index is 1.70. The summed E-state index contributed by atoms with van der Waals surface area (Å²) in [5.74, 6) is 1.44. The highest BCUT2D eigenvalue weighted by Gasteiger charge is 2.19. The zero-order valence-corrected chi connectivity index (χ0v) is 18.5. The van der Waals surface area contributed by atoms with E-state index in [1.807, 2.05) is 6.92 Å². The topological polar surface area (TPSA) is 95.6 Å². The van der Waals surface area contributed by atoms with Gasteiger partial charge in [0.25, 0.3) is 11.8 Å². The highest BCUT2D eigenvalue weighted by atomic mass is 16.5. The molecule has 0 radical (unpaired) electrons. The third-order valence-electron chi connectivity index (χ3n) is 4.83. The lowest BCUT2D eigenvalue weighted by molar-refractivity contribution is -0.137. The number of carbonyl (C=O) groups excluding carboxylic acids is 2. The van der Waals surface area contributed by atoms with Crippen molar-refractivity contribution in [2.75, 3.05) is 59.1 Å². The van der Waals surface area contributed by atoms with Gasteiger partial charge in [0.2, 0.25) is 0 Å². The average Bonchev–Trinajstić information content (AvgIpc) is 2.83. The van der Waals surface area contributed by atoms with Crippen LogP contribution in [0, 0.1) is 0 Å². The van der Waals surface area contributed by atoms with E-state index >= 15 is 0 Å². The van der Waals surface area contributed by atoms with Gasteiger partial charge in [0.15, 0.2) is 18.1 Å². The van der Waals surface area contributed by atoms with Gasteiger partial charge in [0.05, 0.1) is 34.0 Å². The van der Waals surface area contributed by atoms with Crippen LogP contribution in [0.1, 0.15) is 17.3 Å². The molecule has 2 amide bonds. The lowest BCUT2D eigenvalue weighted by atomic mass is 10.1. The van der Waals surface area contributed by atoms with Crippen molar-refractivity contribution in [3.8, 4) is 23.0 Å². The van der Waals surface area contributed by atoms with E-state index in [9.17, 15) is 9.59 Å². The number of amides is 2. The largest absolute Gasteiger partial charge is 0.497 e. The molecule has 2 aromatic carbocycles. The second kappa shape index (κ2) is 11.2. The van der Waals surface area contributed by atoms with Crippen molar-refractivity contribution in [1.29, 1.82) is 0 Å². The molecule has 2 aromatic rings. The summed E-state index contributed by atoms with van der Waals surface area (Å²) < 4.78 is 27.1. The van der Waals surface area contributed by atoms with Crippen LogP contribution < -0.4 is 24.3 Å². The summed E-state index contributed by atoms with van der Waals surface area (Å²) in [5, 5.41) is 2.82. The van der Waals surface area contributed by atoms with E-state index in [1.54, 1.807) is 41.3 Å². The third-order valence-corrected chi connectivity index (χ3v) is 4.83. The van der Waals surface area contributed by atoms with Crippen LogP contribution in [0.25, 0.3) is 0 Å². The molecule has 9 nitrogen and oxygen atoms in total. The van der Waals surface area contributed by atoms with Gasteiger partial charge >= 0.3 is 0 Å². The van der Waals surface area contributed by atoms with Crippen molar-refractivity contribution in [1.82, 2.24) is 4.90 Å². The molecule has 0 aromatic heterocycles. The minimum absolute atomic E-state index is 0.116. The number of ether oxygens (including phenoxy) is 5. The highest BCUT2D eigenvalue weighted by Crippen LogP contribution is 2.30. The van der Waals surface area contributed by atoms with Gasteiger partial charge in [-0.2, -0.15) is 0 Å². The summed E-state index contributed by atoms with van der Waals surface area (Å²) in [6.45, 7) is 4.25. The first kappa shape index (κ1) is 23.2. The standard InChI is InChI=1S/C23H28N2O7/c1-4-31-21-11-16(23(27)24-17-12-18(28-2)14-19(13-17)29-3)5-6-20(21)32-15-22(26)25-7-9-30-10-8-25/h5-6,11-14H,4,7-10,15H2,1-3H3,(H,24,27). The highest BCUT2D eigenvalue weighted by molar-refractivity contribution is 6.04. The molecule has 1 fully saturated rings. The van der Waals surface area contributed by atoms with E-state index < -0.39 is 0 Å². The molecule has 0 spiro atoms. The zero-order chi connectivity index (χ0) is 22.9. The number of nitrogens with one attached hydrogen (secondary N) is 1. The molecular formula is C23H28N2O7. The van der Waals surface area contributed by atoms with Gasteiger partial charge in [-0.25, -0.2) is 0 Å². The molecule has 1 saturated heterocycles. The number of hydrogen-bond acceptors (Lipinski definition) is 7. The molecular weight excluding hydrogens is 416 g/mol. The Kier molecular flexibility index (Phi) is 8.15. The van der Waals surface area contributed by atoms with E-state index in [1.165, 1.54) is 14.2 Å². The van der Waals surface area contributed by atoms with Gasteiger partial charge in [-0.3, -0.25) is 9.59 Å². The minimum atomic E-state index is -0.336. The van der Waals surface area contributed by atoms with E-state index in [4.69, 9.17) is 23.7 Å². The molecule has 0 saturated carbocycles. The van der Waals surface area contributed by atoms with Crippen molar-refractivity contribution >= 4 is 17.5 Å². The summed E-state index contributed by atoms with van der Waals surface area (Å²) in [6.07, 6.45) is 0. The summed E-state index contributed by atoms with van der Waals surface area (Å²) in [7, 11) is 3.08. The lowest BCUT2D eigenvalue weighted by Gasteiger charge is -2.26. The quantitative estimate of drug-likeness (QED) is 0.635. The van der Waals surface area contributed by atoms with E-state index in [2.05, 4.69) is 5.32 Å². The number of benzene rings is 2. The van der Waals surface area contributed by atoms with Gasteiger partial charge in [-0.05, 0) is 25.1 Å². The first-order valence-corrected chi connectivity index (χ1v) is 10.3. The van der Waals surface area contributed by atoms with Crippen LogP contribution in [0.4, 0.5) is 5.69 Å². The molecule has 32 heavy (non-hydrogen) atoms. The van der Waals surface area contributed by atoms with Crippen molar-refractivity contribution in [3.63, 3.8) is 0 Å². The Hall–Kier alpha value is -3.46. The fourth-order valence-electron chi connectivity index (χ4n) is 3.16. The van der Waals surface area contributed by atoms with Crippen LogP contribution in [0.2, 0.25) is 0 Å². The molecule has 9 heteroatoms. The predicted octanol–water partition coefficient (Wildman–Crippen LogP) is 2.59. The number of anilines is 1. The van der Waals surface area contributed by atoms with Crippen molar-refractivity contribution in [2.24, 2.45) is 0 Å². The van der Waals surface area contributed by atoms with Crippen LogP contribution >= 0.6 is 0 Å². The molecule has 0 aliphatic carbocycles. The maximum absolute atomic E-state index is 12.8. The fraction of sp³-hybridized carbons (Fsp3) is 0.391. The Morgan fingerprint density at radius 1 is 0.969 bits per heavy atom. The first-order valence-electron chi connectivity index (χ1n) is 10.3. The van der Waals surface area contributed by atoms with Crippen molar-refractivity contribution in [3.05, 3.63) is 42.0 Å². The summed E-state index contributed by atoms with van der Waals surface area (Å²) in [4.78, 5) is 26.8. The van der Waals surface area contributed by atoms with Crippen LogP contribution in [0.3, 0.4) is 0 Å². The fourth-order valence-corrected chi connectivity index (χ4v) is 3.16. The van der Waals surface area contributed by atoms with Gasteiger partial charge in [-0.1, -0.05) is 0 Å².